The number of piperidine rings is 1. The molecule has 0 bridgehead atoms. The smallest absolute Gasteiger partial charge is 0.0900 e. The predicted molar refractivity (Wildman–Crippen MR) is 92.4 cm³/mol. The number of β-amino-alcohol motifs (C(OH)–C–C–N with tert-alkyl or cyclic N) is 1. The van der Waals surface area contributed by atoms with Crippen LogP contribution in [0.3, 0.4) is 0 Å². The van der Waals surface area contributed by atoms with E-state index in [0.29, 0.717) is 19.3 Å². The molecule has 0 spiro atoms. The van der Waals surface area contributed by atoms with E-state index in [1.54, 1.807) is 0 Å². The number of hydrogen-bond acceptors (Lipinski definition) is 4. The number of ether oxygens (including phenoxy) is 1. The Hall–Kier alpha value is -0.940. The van der Waals surface area contributed by atoms with E-state index in [0.717, 1.165) is 25.2 Å². The highest BCUT2D eigenvalue weighted by Gasteiger charge is 2.27. The van der Waals surface area contributed by atoms with Gasteiger partial charge in [0.15, 0.2) is 0 Å². The van der Waals surface area contributed by atoms with E-state index in [9.17, 15) is 5.11 Å². The molecule has 128 valence electrons. The van der Waals surface area contributed by atoms with Gasteiger partial charge in [-0.1, -0.05) is 30.3 Å². The largest absolute Gasteiger partial charge is 0.389 e. The minimum absolute atomic E-state index is 0.393. The van der Waals surface area contributed by atoms with Gasteiger partial charge in [0, 0.05) is 19.1 Å². The number of aliphatic hydroxyl groups excluding tert-OH is 1. The molecule has 4 nitrogen and oxygen atoms in total. The molecule has 3 rings (SSSR count). The number of hydrogen-bond donors (Lipinski definition) is 1. The Balaban J connectivity index is 1.36. The molecule has 1 N–H and O–H groups in total. The highest BCUT2D eigenvalue weighted by Crippen LogP contribution is 2.20. The Morgan fingerprint density at radius 1 is 1.09 bits per heavy atom. The van der Waals surface area contributed by atoms with Gasteiger partial charge in [-0.05, 0) is 50.9 Å². The lowest BCUT2D eigenvalue weighted by Gasteiger charge is -2.38. The van der Waals surface area contributed by atoms with Gasteiger partial charge < -0.3 is 9.84 Å². The molecule has 2 heterocycles. The van der Waals surface area contributed by atoms with E-state index < -0.39 is 6.10 Å². The quantitative estimate of drug-likeness (QED) is 0.835. The summed E-state index contributed by atoms with van der Waals surface area (Å²) in [7, 11) is 0. The fourth-order valence-electron chi connectivity index (χ4n) is 3.84. The second kappa shape index (κ2) is 8.78. The van der Waals surface area contributed by atoms with Crippen LogP contribution in [0.25, 0.3) is 0 Å². The Bertz CT molecular complexity index is 448. The number of benzene rings is 1. The summed E-state index contributed by atoms with van der Waals surface area (Å²) < 4.78 is 5.66. The first-order valence-corrected chi connectivity index (χ1v) is 9.07. The van der Waals surface area contributed by atoms with Gasteiger partial charge in [0.2, 0.25) is 0 Å². The molecular formula is C19H30N2O2. The molecule has 0 unspecified atom stereocenters. The standard InChI is InChI=1S/C19H30N2O2/c22-19(16-23-15-17-7-2-1-3-8-17)14-20-10-6-9-18(13-20)21-11-4-5-12-21/h1-3,7-8,18-19,22H,4-6,9-16H2/t18-,19-/m0/s1. The van der Waals surface area contributed by atoms with Crippen molar-refractivity contribution in [1.29, 1.82) is 0 Å². The molecule has 2 saturated heterocycles. The molecule has 4 heteroatoms. The molecule has 0 aromatic heterocycles. The molecule has 2 aliphatic heterocycles. The summed E-state index contributed by atoms with van der Waals surface area (Å²) in [5.74, 6) is 0. The minimum Gasteiger partial charge on any atom is -0.389 e. The molecule has 2 atom stereocenters. The van der Waals surface area contributed by atoms with E-state index in [4.69, 9.17) is 4.74 Å². The lowest BCUT2D eigenvalue weighted by molar-refractivity contribution is -0.000316. The molecule has 2 fully saturated rings. The predicted octanol–water partition coefficient (Wildman–Crippen LogP) is 2.12. The van der Waals surface area contributed by atoms with Crippen molar-refractivity contribution in [3.8, 4) is 0 Å². The summed E-state index contributed by atoms with van der Waals surface area (Å²) in [5, 5.41) is 10.3. The van der Waals surface area contributed by atoms with Gasteiger partial charge in [-0.3, -0.25) is 9.80 Å². The topological polar surface area (TPSA) is 35.9 Å². The Morgan fingerprint density at radius 2 is 1.87 bits per heavy atom. The van der Waals surface area contributed by atoms with Crippen LogP contribution in [0.5, 0.6) is 0 Å². The SMILES string of the molecule is O[C@H](COCc1ccccc1)CN1CCC[C@H](N2CCCC2)C1. The summed E-state index contributed by atoms with van der Waals surface area (Å²) in [6, 6.07) is 10.8. The fraction of sp³-hybridized carbons (Fsp3) is 0.684. The third-order valence-corrected chi connectivity index (χ3v) is 5.03. The minimum atomic E-state index is -0.393. The number of rotatable bonds is 7. The van der Waals surface area contributed by atoms with Crippen molar-refractivity contribution in [2.45, 2.75) is 44.4 Å². The molecule has 1 aromatic rings. The van der Waals surface area contributed by atoms with E-state index >= 15 is 0 Å². The molecule has 2 aliphatic rings. The van der Waals surface area contributed by atoms with Crippen molar-refractivity contribution in [2.75, 3.05) is 39.3 Å². The van der Waals surface area contributed by atoms with Gasteiger partial charge in [0.05, 0.1) is 19.3 Å². The molecule has 1 aromatic carbocycles. The van der Waals surface area contributed by atoms with E-state index in [1.807, 2.05) is 18.2 Å². The highest BCUT2D eigenvalue weighted by atomic mass is 16.5. The summed E-state index contributed by atoms with van der Waals surface area (Å²) in [6.45, 7) is 6.48. The monoisotopic (exact) mass is 318 g/mol. The highest BCUT2D eigenvalue weighted by molar-refractivity contribution is 5.13. The maximum atomic E-state index is 10.3. The first-order chi connectivity index (χ1) is 11.3. The number of likely N-dealkylation sites (tertiary alicyclic amines) is 2. The van der Waals surface area contributed by atoms with Crippen molar-refractivity contribution in [1.82, 2.24) is 9.80 Å². The van der Waals surface area contributed by atoms with Crippen LogP contribution in [0.2, 0.25) is 0 Å². The zero-order chi connectivity index (χ0) is 15.9. The maximum Gasteiger partial charge on any atom is 0.0900 e. The zero-order valence-corrected chi connectivity index (χ0v) is 14.1. The van der Waals surface area contributed by atoms with Crippen LogP contribution in [0, 0.1) is 0 Å². The van der Waals surface area contributed by atoms with Gasteiger partial charge in [-0.15, -0.1) is 0 Å². The molecule has 23 heavy (non-hydrogen) atoms. The normalized spacial score (nSPS) is 24.8. The average molecular weight is 318 g/mol. The van der Waals surface area contributed by atoms with Gasteiger partial charge in [-0.2, -0.15) is 0 Å². The second-order valence-corrected chi connectivity index (χ2v) is 6.95. The van der Waals surface area contributed by atoms with E-state index in [2.05, 4.69) is 21.9 Å². The number of nitrogens with zero attached hydrogens (tertiary/aromatic N) is 2. The molecule has 0 saturated carbocycles. The van der Waals surface area contributed by atoms with E-state index in [-0.39, 0.29) is 0 Å². The van der Waals surface area contributed by atoms with Crippen molar-refractivity contribution in [3.05, 3.63) is 35.9 Å². The van der Waals surface area contributed by atoms with Crippen molar-refractivity contribution >= 4 is 0 Å². The average Bonchev–Trinajstić information content (AvgIpc) is 3.11. The zero-order valence-electron chi connectivity index (χ0n) is 14.1. The third kappa shape index (κ3) is 5.28. The van der Waals surface area contributed by atoms with Crippen LogP contribution in [0.1, 0.15) is 31.2 Å². The summed E-state index contributed by atoms with van der Waals surface area (Å²) in [4.78, 5) is 5.06. The molecule has 0 aliphatic carbocycles. The van der Waals surface area contributed by atoms with Crippen LogP contribution in [-0.4, -0.2) is 66.4 Å². The van der Waals surface area contributed by atoms with Gasteiger partial charge >= 0.3 is 0 Å². The van der Waals surface area contributed by atoms with Crippen LogP contribution in [-0.2, 0) is 11.3 Å². The molecule has 0 radical (unpaired) electrons. The summed E-state index contributed by atoms with van der Waals surface area (Å²) in [6.07, 6.45) is 4.88. The third-order valence-electron chi connectivity index (χ3n) is 5.03. The second-order valence-electron chi connectivity index (χ2n) is 6.95. The Morgan fingerprint density at radius 3 is 2.65 bits per heavy atom. The van der Waals surface area contributed by atoms with Crippen molar-refractivity contribution in [3.63, 3.8) is 0 Å². The van der Waals surface area contributed by atoms with Gasteiger partial charge in [0.25, 0.3) is 0 Å². The molecule has 0 amide bonds. The number of aliphatic hydroxyl groups is 1. The van der Waals surface area contributed by atoms with Crippen LogP contribution in [0.4, 0.5) is 0 Å². The lowest BCUT2D eigenvalue weighted by atomic mass is 10.0. The first kappa shape index (κ1) is 16.9. The lowest BCUT2D eigenvalue weighted by Crippen LogP contribution is -2.49. The van der Waals surface area contributed by atoms with Crippen LogP contribution < -0.4 is 0 Å². The van der Waals surface area contributed by atoms with Gasteiger partial charge in [-0.25, -0.2) is 0 Å². The maximum absolute atomic E-state index is 10.3. The Labute approximate surface area is 140 Å². The van der Waals surface area contributed by atoms with Crippen LogP contribution >= 0.6 is 0 Å². The summed E-state index contributed by atoms with van der Waals surface area (Å²) >= 11 is 0. The van der Waals surface area contributed by atoms with E-state index in [1.165, 1.54) is 38.8 Å². The van der Waals surface area contributed by atoms with Gasteiger partial charge in [0.1, 0.15) is 0 Å². The van der Waals surface area contributed by atoms with Crippen LogP contribution in [0.15, 0.2) is 30.3 Å². The fourth-order valence-corrected chi connectivity index (χ4v) is 3.84. The molecular weight excluding hydrogens is 288 g/mol. The first-order valence-electron chi connectivity index (χ1n) is 9.07. The summed E-state index contributed by atoms with van der Waals surface area (Å²) in [5.41, 5.74) is 1.16. The van der Waals surface area contributed by atoms with Crippen molar-refractivity contribution in [2.24, 2.45) is 0 Å². The Kier molecular flexibility index (Phi) is 6.46. The van der Waals surface area contributed by atoms with Crippen molar-refractivity contribution < 1.29 is 9.84 Å².